The van der Waals surface area contributed by atoms with Crippen LogP contribution in [0.3, 0.4) is 0 Å². The Morgan fingerprint density at radius 1 is 1.37 bits per heavy atom. The van der Waals surface area contributed by atoms with Crippen LogP contribution in [0.4, 0.5) is 4.79 Å². The molecule has 0 aliphatic carbocycles. The summed E-state index contributed by atoms with van der Waals surface area (Å²) in [7, 11) is 0. The zero-order valence-electron chi connectivity index (χ0n) is 11.1. The van der Waals surface area contributed by atoms with Crippen molar-refractivity contribution >= 4 is 12.0 Å². The highest BCUT2D eigenvalue weighted by Crippen LogP contribution is 2.21. The van der Waals surface area contributed by atoms with Crippen molar-refractivity contribution in [3.8, 4) is 0 Å². The lowest BCUT2D eigenvalue weighted by atomic mass is 9.94. The van der Waals surface area contributed by atoms with Crippen LogP contribution in [0.2, 0.25) is 0 Å². The van der Waals surface area contributed by atoms with Crippen molar-refractivity contribution in [1.29, 1.82) is 0 Å². The molecule has 0 aromatic carbocycles. The predicted octanol–water partition coefficient (Wildman–Crippen LogP) is 1.06. The third-order valence-electron chi connectivity index (χ3n) is 4.00. The molecule has 0 saturated carbocycles. The summed E-state index contributed by atoms with van der Waals surface area (Å²) in [5.74, 6) is 0.547. The second-order valence-corrected chi connectivity index (χ2v) is 5.29. The zero-order valence-corrected chi connectivity index (χ0v) is 11.1. The average molecular weight is 270 g/mol. The third-order valence-corrected chi connectivity index (χ3v) is 4.00. The molecule has 0 spiro atoms. The van der Waals surface area contributed by atoms with Crippen molar-refractivity contribution in [2.24, 2.45) is 5.92 Å². The average Bonchev–Trinajstić information content (AvgIpc) is 2.41. The smallest absolute Gasteiger partial charge is 0.408 e. The van der Waals surface area contributed by atoms with Gasteiger partial charge in [-0.3, -0.25) is 9.69 Å². The molecule has 2 rings (SSSR count). The lowest BCUT2D eigenvalue weighted by Crippen LogP contribution is -2.63. The first-order valence-corrected chi connectivity index (χ1v) is 7.03. The number of unbranched alkanes of at least 4 members (excludes halogenated alkanes) is 1. The Labute approximate surface area is 113 Å². The number of amides is 2. The number of β-lactam (4-membered cyclic amide) rings is 1. The highest BCUT2D eigenvalue weighted by atomic mass is 16.5. The fourth-order valence-electron chi connectivity index (χ4n) is 2.66. The van der Waals surface area contributed by atoms with E-state index < -0.39 is 12.1 Å². The standard InChI is InChI=1S/C13H22N2O4/c16-12-11(9-14-12)15(13(17)18)6-2-1-3-10-4-7-19-8-5-10/h10-11H,1-9H2,(H,14,16)(H,17,18)/t11-/m0/s1. The summed E-state index contributed by atoms with van der Waals surface area (Å²) < 4.78 is 5.31. The van der Waals surface area contributed by atoms with Gasteiger partial charge in [0.1, 0.15) is 6.04 Å². The molecule has 2 fully saturated rings. The van der Waals surface area contributed by atoms with E-state index in [1.165, 1.54) is 4.90 Å². The van der Waals surface area contributed by atoms with E-state index in [1.807, 2.05) is 0 Å². The lowest BCUT2D eigenvalue weighted by molar-refractivity contribution is -0.132. The minimum atomic E-state index is -0.995. The van der Waals surface area contributed by atoms with E-state index in [1.54, 1.807) is 0 Å². The van der Waals surface area contributed by atoms with Crippen LogP contribution in [0.1, 0.15) is 32.1 Å². The molecule has 6 heteroatoms. The van der Waals surface area contributed by atoms with Gasteiger partial charge in [0.25, 0.3) is 0 Å². The molecule has 19 heavy (non-hydrogen) atoms. The maximum atomic E-state index is 11.2. The highest BCUT2D eigenvalue weighted by Gasteiger charge is 2.36. The monoisotopic (exact) mass is 270 g/mol. The minimum absolute atomic E-state index is 0.174. The van der Waals surface area contributed by atoms with Gasteiger partial charge < -0.3 is 15.2 Å². The summed E-state index contributed by atoms with van der Waals surface area (Å²) in [5, 5.41) is 11.7. The fourth-order valence-corrected chi connectivity index (χ4v) is 2.66. The SMILES string of the molecule is O=C1NC[C@@H]1N(CCCCC1CCOCC1)C(=O)O. The zero-order chi connectivity index (χ0) is 13.7. The largest absolute Gasteiger partial charge is 0.465 e. The van der Waals surface area contributed by atoms with Crippen LogP contribution in [0.15, 0.2) is 0 Å². The van der Waals surface area contributed by atoms with Crippen molar-refractivity contribution in [2.45, 2.75) is 38.1 Å². The molecule has 0 radical (unpaired) electrons. The maximum absolute atomic E-state index is 11.2. The van der Waals surface area contributed by atoms with Gasteiger partial charge in [0.05, 0.1) is 0 Å². The van der Waals surface area contributed by atoms with Crippen molar-refractivity contribution in [2.75, 3.05) is 26.3 Å². The van der Waals surface area contributed by atoms with Crippen molar-refractivity contribution in [3.63, 3.8) is 0 Å². The Kier molecular flexibility index (Phi) is 5.01. The Morgan fingerprint density at radius 3 is 2.63 bits per heavy atom. The number of nitrogens with zero attached hydrogens (tertiary/aromatic N) is 1. The molecule has 2 saturated heterocycles. The molecule has 0 unspecified atom stereocenters. The van der Waals surface area contributed by atoms with Gasteiger partial charge in [-0.2, -0.15) is 0 Å². The second kappa shape index (κ2) is 6.75. The first kappa shape index (κ1) is 14.1. The van der Waals surface area contributed by atoms with Crippen molar-refractivity contribution in [1.82, 2.24) is 10.2 Å². The molecule has 108 valence electrons. The first-order chi connectivity index (χ1) is 9.18. The Morgan fingerprint density at radius 2 is 2.11 bits per heavy atom. The van der Waals surface area contributed by atoms with Gasteiger partial charge in [-0.05, 0) is 25.2 Å². The summed E-state index contributed by atoms with van der Waals surface area (Å²) in [6.07, 6.45) is 4.22. The van der Waals surface area contributed by atoms with Crippen molar-refractivity contribution in [3.05, 3.63) is 0 Å². The van der Waals surface area contributed by atoms with Gasteiger partial charge in [0.15, 0.2) is 0 Å². The van der Waals surface area contributed by atoms with Crippen LogP contribution in [-0.2, 0) is 9.53 Å². The van der Waals surface area contributed by atoms with Gasteiger partial charge in [0, 0.05) is 26.3 Å². The number of hydrogen-bond acceptors (Lipinski definition) is 3. The van der Waals surface area contributed by atoms with E-state index in [0.717, 1.165) is 51.2 Å². The van der Waals surface area contributed by atoms with Gasteiger partial charge in [-0.15, -0.1) is 0 Å². The van der Waals surface area contributed by atoms with E-state index in [-0.39, 0.29) is 5.91 Å². The molecule has 2 N–H and O–H groups in total. The number of carboxylic acid groups (broad SMARTS) is 1. The third kappa shape index (κ3) is 3.83. The predicted molar refractivity (Wildman–Crippen MR) is 68.9 cm³/mol. The summed E-state index contributed by atoms with van der Waals surface area (Å²) in [4.78, 5) is 23.6. The fraction of sp³-hybridized carbons (Fsp3) is 0.846. The molecule has 2 amide bonds. The van der Waals surface area contributed by atoms with E-state index in [2.05, 4.69) is 5.32 Å². The van der Waals surface area contributed by atoms with Crippen LogP contribution in [-0.4, -0.2) is 54.4 Å². The summed E-state index contributed by atoms with van der Waals surface area (Å²) in [6, 6.07) is -0.472. The maximum Gasteiger partial charge on any atom is 0.408 e. The molecular weight excluding hydrogens is 248 g/mol. The number of carbonyl (C=O) groups is 2. The quantitative estimate of drug-likeness (QED) is 0.559. The summed E-state index contributed by atoms with van der Waals surface area (Å²) >= 11 is 0. The first-order valence-electron chi connectivity index (χ1n) is 7.03. The molecule has 2 aliphatic rings. The van der Waals surface area contributed by atoms with Crippen LogP contribution < -0.4 is 5.32 Å². The Hall–Kier alpha value is -1.30. The number of hydrogen-bond donors (Lipinski definition) is 2. The van der Waals surface area contributed by atoms with Crippen LogP contribution in [0.25, 0.3) is 0 Å². The number of ether oxygens (including phenoxy) is 1. The van der Waals surface area contributed by atoms with Crippen LogP contribution in [0, 0.1) is 5.92 Å². The van der Waals surface area contributed by atoms with Gasteiger partial charge >= 0.3 is 6.09 Å². The second-order valence-electron chi connectivity index (χ2n) is 5.29. The van der Waals surface area contributed by atoms with Crippen molar-refractivity contribution < 1.29 is 19.4 Å². The Balaban J connectivity index is 1.64. The van der Waals surface area contributed by atoms with Gasteiger partial charge in [0.2, 0.25) is 5.91 Å². The number of rotatable bonds is 6. The highest BCUT2D eigenvalue weighted by molar-refractivity contribution is 5.90. The normalized spacial score (nSPS) is 23.6. The molecule has 0 aromatic rings. The summed E-state index contributed by atoms with van der Waals surface area (Å²) in [6.45, 7) is 2.62. The minimum Gasteiger partial charge on any atom is -0.465 e. The van der Waals surface area contributed by atoms with E-state index in [4.69, 9.17) is 9.84 Å². The lowest BCUT2D eigenvalue weighted by Gasteiger charge is -2.35. The summed E-state index contributed by atoms with van der Waals surface area (Å²) in [5.41, 5.74) is 0. The van der Waals surface area contributed by atoms with E-state index in [0.29, 0.717) is 13.1 Å². The number of nitrogens with one attached hydrogen (secondary N) is 1. The van der Waals surface area contributed by atoms with Gasteiger partial charge in [-0.25, -0.2) is 4.79 Å². The molecule has 2 aliphatic heterocycles. The molecule has 0 aromatic heterocycles. The molecule has 2 heterocycles. The van der Waals surface area contributed by atoms with Crippen LogP contribution >= 0.6 is 0 Å². The molecule has 0 bridgehead atoms. The van der Waals surface area contributed by atoms with Gasteiger partial charge in [-0.1, -0.05) is 12.8 Å². The Bertz CT molecular complexity index is 329. The van der Waals surface area contributed by atoms with E-state index in [9.17, 15) is 9.59 Å². The topological polar surface area (TPSA) is 78.9 Å². The molecule has 1 atom stereocenters. The van der Waals surface area contributed by atoms with E-state index >= 15 is 0 Å². The molecule has 6 nitrogen and oxygen atoms in total. The molecular formula is C13H22N2O4. The van der Waals surface area contributed by atoms with Crippen LogP contribution in [0.5, 0.6) is 0 Å². The number of carbonyl (C=O) groups excluding carboxylic acids is 1.